The van der Waals surface area contributed by atoms with Crippen molar-refractivity contribution in [3.05, 3.63) is 144 Å². The number of hydrogen-bond acceptors (Lipinski definition) is 5. The van der Waals surface area contributed by atoms with E-state index in [2.05, 4.69) is 0 Å². The van der Waals surface area contributed by atoms with E-state index >= 15 is 0 Å². The van der Waals surface area contributed by atoms with Crippen molar-refractivity contribution in [3.8, 4) is 0 Å². The molecular formula is C33H35NO5. The van der Waals surface area contributed by atoms with Crippen molar-refractivity contribution in [1.29, 1.82) is 0 Å². The molecule has 0 saturated carbocycles. The highest BCUT2D eigenvalue weighted by molar-refractivity contribution is 5.79. The smallest absolute Gasteiger partial charge is 0.249 e. The van der Waals surface area contributed by atoms with Crippen LogP contribution >= 0.6 is 0 Å². The molecule has 0 spiro atoms. The third-order valence-electron chi connectivity index (χ3n) is 6.20. The zero-order valence-electron chi connectivity index (χ0n) is 21.9. The van der Waals surface area contributed by atoms with E-state index < -0.39 is 24.2 Å². The SMILES string of the molecule is NC(=O)C(OCc1ccccc1)C(OCc1ccccc1)C(COCc1ccccc1)OCc1ccccc1. The minimum atomic E-state index is -1.06. The van der Waals surface area contributed by atoms with Gasteiger partial charge >= 0.3 is 0 Å². The quantitative estimate of drug-likeness (QED) is 0.211. The number of rotatable bonds is 16. The Labute approximate surface area is 230 Å². The average molecular weight is 526 g/mol. The predicted octanol–water partition coefficient (Wildman–Crippen LogP) is 5.44. The first kappa shape index (κ1) is 28.2. The number of benzene rings is 4. The first-order chi connectivity index (χ1) is 19.2. The molecule has 0 saturated heterocycles. The number of nitrogens with two attached hydrogens (primary N) is 1. The lowest BCUT2D eigenvalue weighted by atomic mass is 10.1. The Morgan fingerprint density at radius 1 is 0.538 bits per heavy atom. The van der Waals surface area contributed by atoms with Crippen LogP contribution in [0, 0.1) is 0 Å². The standard InChI is InChI=1S/C33H35NO5/c34-33(35)32(39-24-29-19-11-4-12-20-29)31(38-23-28-17-9-3-10-18-28)30(37-22-27-15-7-2-8-16-27)25-36-21-26-13-5-1-6-14-26/h1-20,30-32H,21-25H2,(H2,34,35). The summed E-state index contributed by atoms with van der Waals surface area (Å²) in [6.45, 7) is 1.35. The molecule has 0 radical (unpaired) electrons. The summed E-state index contributed by atoms with van der Waals surface area (Å²) in [6.07, 6.45) is -2.51. The average Bonchev–Trinajstić information content (AvgIpc) is 2.98. The summed E-state index contributed by atoms with van der Waals surface area (Å²) in [5.74, 6) is -0.625. The topological polar surface area (TPSA) is 80.0 Å². The second-order valence-corrected chi connectivity index (χ2v) is 9.22. The van der Waals surface area contributed by atoms with Crippen LogP contribution in [0.2, 0.25) is 0 Å². The van der Waals surface area contributed by atoms with Crippen molar-refractivity contribution in [2.24, 2.45) is 5.73 Å². The van der Waals surface area contributed by atoms with Gasteiger partial charge in [-0.3, -0.25) is 4.79 Å². The van der Waals surface area contributed by atoms with Crippen LogP contribution in [0.1, 0.15) is 22.3 Å². The van der Waals surface area contributed by atoms with E-state index in [-0.39, 0.29) is 19.8 Å². The second-order valence-electron chi connectivity index (χ2n) is 9.22. The summed E-state index contributed by atoms with van der Waals surface area (Å²) < 4.78 is 24.9. The molecule has 0 fully saturated rings. The van der Waals surface area contributed by atoms with Crippen LogP contribution in [0.25, 0.3) is 0 Å². The molecule has 3 unspecified atom stereocenters. The first-order valence-electron chi connectivity index (χ1n) is 13.1. The lowest BCUT2D eigenvalue weighted by molar-refractivity contribution is -0.176. The summed E-state index contributed by atoms with van der Waals surface area (Å²) >= 11 is 0. The summed E-state index contributed by atoms with van der Waals surface area (Å²) in [5, 5.41) is 0. The van der Waals surface area contributed by atoms with E-state index in [1.54, 1.807) is 0 Å². The summed E-state index contributed by atoms with van der Waals surface area (Å²) in [4.78, 5) is 12.8. The molecule has 0 aliphatic rings. The summed E-state index contributed by atoms with van der Waals surface area (Å²) in [6, 6.07) is 39.1. The molecule has 4 aromatic rings. The fourth-order valence-electron chi connectivity index (χ4n) is 4.14. The molecule has 4 aromatic carbocycles. The van der Waals surface area contributed by atoms with E-state index in [4.69, 9.17) is 24.7 Å². The Hall–Kier alpha value is -3.81. The first-order valence-corrected chi connectivity index (χ1v) is 13.1. The van der Waals surface area contributed by atoms with Gasteiger partial charge in [0.05, 0.1) is 33.0 Å². The van der Waals surface area contributed by atoms with E-state index in [0.29, 0.717) is 13.2 Å². The van der Waals surface area contributed by atoms with Crippen molar-refractivity contribution in [2.45, 2.75) is 44.7 Å². The van der Waals surface area contributed by atoms with Crippen LogP contribution < -0.4 is 5.73 Å². The molecule has 3 atom stereocenters. The maximum absolute atomic E-state index is 12.8. The number of hydrogen-bond donors (Lipinski definition) is 1. The van der Waals surface area contributed by atoms with Crippen molar-refractivity contribution in [1.82, 2.24) is 0 Å². The Kier molecular flexibility index (Phi) is 11.3. The number of amides is 1. The molecule has 202 valence electrons. The van der Waals surface area contributed by atoms with E-state index in [9.17, 15) is 4.79 Å². The maximum atomic E-state index is 12.8. The monoisotopic (exact) mass is 525 g/mol. The van der Waals surface area contributed by atoms with Gasteiger partial charge in [0.15, 0.2) is 6.10 Å². The second kappa shape index (κ2) is 15.6. The van der Waals surface area contributed by atoms with E-state index in [0.717, 1.165) is 22.3 Å². The minimum Gasteiger partial charge on any atom is -0.374 e. The Morgan fingerprint density at radius 3 is 1.36 bits per heavy atom. The predicted molar refractivity (Wildman–Crippen MR) is 150 cm³/mol. The Balaban J connectivity index is 1.55. The van der Waals surface area contributed by atoms with Crippen molar-refractivity contribution >= 4 is 5.91 Å². The van der Waals surface area contributed by atoms with Crippen LogP contribution in [0.3, 0.4) is 0 Å². The lowest BCUT2D eigenvalue weighted by Gasteiger charge is -2.32. The van der Waals surface area contributed by atoms with Gasteiger partial charge in [0.2, 0.25) is 5.91 Å². The molecule has 0 heterocycles. The van der Waals surface area contributed by atoms with Crippen LogP contribution in [-0.2, 0) is 50.2 Å². The Morgan fingerprint density at radius 2 is 0.923 bits per heavy atom. The lowest BCUT2D eigenvalue weighted by Crippen LogP contribution is -2.50. The zero-order chi connectivity index (χ0) is 27.1. The molecule has 0 bridgehead atoms. The molecule has 1 amide bonds. The molecular weight excluding hydrogens is 490 g/mol. The highest BCUT2D eigenvalue weighted by atomic mass is 16.6. The summed E-state index contributed by atoms with van der Waals surface area (Å²) in [5.41, 5.74) is 9.81. The van der Waals surface area contributed by atoms with Crippen LogP contribution in [-0.4, -0.2) is 30.8 Å². The van der Waals surface area contributed by atoms with Crippen molar-refractivity contribution in [2.75, 3.05) is 6.61 Å². The fraction of sp³-hybridized carbons (Fsp3) is 0.242. The number of ether oxygens (including phenoxy) is 4. The van der Waals surface area contributed by atoms with Crippen LogP contribution in [0.4, 0.5) is 0 Å². The van der Waals surface area contributed by atoms with Crippen LogP contribution in [0.15, 0.2) is 121 Å². The molecule has 0 aromatic heterocycles. The molecule has 4 rings (SSSR count). The molecule has 6 nitrogen and oxygen atoms in total. The van der Waals surface area contributed by atoms with Crippen LogP contribution in [0.5, 0.6) is 0 Å². The summed E-state index contributed by atoms with van der Waals surface area (Å²) in [7, 11) is 0. The fourth-order valence-corrected chi connectivity index (χ4v) is 4.14. The van der Waals surface area contributed by atoms with Gasteiger partial charge in [0.1, 0.15) is 12.2 Å². The van der Waals surface area contributed by atoms with Gasteiger partial charge in [-0.15, -0.1) is 0 Å². The molecule has 0 aliphatic carbocycles. The van der Waals surface area contributed by atoms with E-state index in [1.165, 1.54) is 0 Å². The third-order valence-corrected chi connectivity index (χ3v) is 6.20. The largest absolute Gasteiger partial charge is 0.374 e. The van der Waals surface area contributed by atoms with Gasteiger partial charge in [-0.1, -0.05) is 121 Å². The molecule has 39 heavy (non-hydrogen) atoms. The minimum absolute atomic E-state index is 0.180. The normalized spacial score (nSPS) is 13.4. The molecule has 0 aliphatic heterocycles. The van der Waals surface area contributed by atoms with Gasteiger partial charge in [-0.25, -0.2) is 0 Å². The van der Waals surface area contributed by atoms with E-state index in [1.807, 2.05) is 121 Å². The third kappa shape index (κ3) is 9.46. The van der Waals surface area contributed by atoms with Crippen molar-refractivity contribution < 1.29 is 23.7 Å². The van der Waals surface area contributed by atoms with Gasteiger partial charge in [0.25, 0.3) is 0 Å². The zero-order valence-corrected chi connectivity index (χ0v) is 21.9. The highest BCUT2D eigenvalue weighted by Gasteiger charge is 2.36. The highest BCUT2D eigenvalue weighted by Crippen LogP contribution is 2.20. The number of carbonyl (C=O) groups is 1. The van der Waals surface area contributed by atoms with Gasteiger partial charge in [0, 0.05) is 0 Å². The maximum Gasteiger partial charge on any atom is 0.249 e. The number of primary amides is 1. The molecule has 2 N–H and O–H groups in total. The van der Waals surface area contributed by atoms with Gasteiger partial charge < -0.3 is 24.7 Å². The number of carbonyl (C=O) groups excluding carboxylic acids is 1. The van der Waals surface area contributed by atoms with Gasteiger partial charge in [-0.2, -0.15) is 0 Å². The Bertz CT molecular complexity index is 1220. The molecule has 6 heteroatoms. The van der Waals surface area contributed by atoms with Crippen molar-refractivity contribution in [3.63, 3.8) is 0 Å². The van der Waals surface area contributed by atoms with Gasteiger partial charge in [-0.05, 0) is 22.3 Å².